The van der Waals surface area contributed by atoms with E-state index in [2.05, 4.69) is 63.5 Å². The molecule has 0 amide bonds. The summed E-state index contributed by atoms with van der Waals surface area (Å²) >= 11 is -2.06. The van der Waals surface area contributed by atoms with Crippen molar-refractivity contribution in [3.05, 3.63) is 48.7 Å². The van der Waals surface area contributed by atoms with Crippen LogP contribution in [0.3, 0.4) is 0 Å². The average molecular weight is 373 g/mol. The van der Waals surface area contributed by atoms with Crippen molar-refractivity contribution < 1.29 is 9.57 Å². The fourth-order valence-corrected chi connectivity index (χ4v) is 5.92. The number of hydrogen-bond donors (Lipinski definition) is 0. The topological polar surface area (TPSA) is 13.1 Å². The van der Waals surface area contributed by atoms with Crippen LogP contribution in [0.15, 0.2) is 48.7 Å². The molecular weight excluding hydrogens is 353 g/mol. The number of hydrogen-bond acceptors (Lipinski definition) is 1. The number of benzene rings is 2. The molecule has 0 unspecified atom stereocenters. The summed E-state index contributed by atoms with van der Waals surface area (Å²) in [4.78, 5) is 12.8. The van der Waals surface area contributed by atoms with Crippen molar-refractivity contribution in [1.82, 2.24) is 0 Å². The molecule has 0 fully saturated rings. The Bertz CT molecular complexity index is 790. The van der Waals surface area contributed by atoms with E-state index >= 15 is 0 Å². The molecule has 0 spiro atoms. The normalized spacial score (nSPS) is 12.0. The molecule has 0 bridgehead atoms. The molecule has 1 heterocycles. The van der Waals surface area contributed by atoms with Gasteiger partial charge in [0.15, 0.2) is 0 Å². The van der Waals surface area contributed by atoms with Crippen LogP contribution < -0.4 is 13.1 Å². The summed E-state index contributed by atoms with van der Waals surface area (Å²) in [6.07, 6.45) is 2.05. The second kappa shape index (κ2) is 4.92. The van der Waals surface area contributed by atoms with Crippen LogP contribution in [0, 0.1) is 0 Å². The Morgan fingerprint density at radius 2 is 1.70 bits per heavy atom. The maximum atomic E-state index is 5.49. The Hall–Kier alpha value is -1.29. The van der Waals surface area contributed by atoms with Gasteiger partial charge in [-0.2, -0.15) is 0 Å². The second-order valence-corrected chi connectivity index (χ2v) is 20.7. The fraction of sp³-hybridized carbons (Fsp3) is 0.235. The maximum absolute atomic E-state index is 5.49. The van der Waals surface area contributed by atoms with Crippen LogP contribution in [0.4, 0.5) is 0 Å². The number of fused-ring (bicyclic) bond motifs is 3. The monoisotopic (exact) mass is 374 g/mol. The Kier molecular flexibility index (Phi) is 3.36. The summed E-state index contributed by atoms with van der Waals surface area (Å²) in [6.45, 7) is 0. The standard InChI is InChI=1S/C14H11NO.3CH3.Sn/c1-16-15-10-11-6-2-3-7-12(11)13-8-4-5-9-14(13)15;;;;/h2-3,5-10H,1H3;3*1H3;/q+1;;;;. The van der Waals surface area contributed by atoms with E-state index < -0.39 is 18.4 Å². The predicted molar refractivity (Wildman–Crippen MR) is 87.1 cm³/mol. The average Bonchev–Trinajstić information content (AvgIpc) is 2.44. The van der Waals surface area contributed by atoms with Crippen molar-refractivity contribution in [2.24, 2.45) is 0 Å². The van der Waals surface area contributed by atoms with Crippen molar-refractivity contribution in [2.45, 2.75) is 14.8 Å². The van der Waals surface area contributed by atoms with E-state index in [4.69, 9.17) is 4.84 Å². The van der Waals surface area contributed by atoms with E-state index in [1.165, 1.54) is 16.2 Å². The first-order valence-electron chi connectivity index (χ1n) is 6.93. The van der Waals surface area contributed by atoms with Crippen molar-refractivity contribution in [3.63, 3.8) is 0 Å². The van der Waals surface area contributed by atoms with Crippen molar-refractivity contribution in [1.29, 1.82) is 0 Å². The molecule has 0 radical (unpaired) electrons. The number of pyridine rings is 1. The third-order valence-corrected chi connectivity index (χ3v) is 9.64. The zero-order valence-corrected chi connectivity index (χ0v) is 15.3. The Morgan fingerprint density at radius 1 is 0.950 bits per heavy atom. The first kappa shape index (κ1) is 13.7. The van der Waals surface area contributed by atoms with E-state index in [-0.39, 0.29) is 0 Å². The minimum absolute atomic E-state index is 1.13. The molecule has 0 aliphatic carbocycles. The molecule has 0 aliphatic rings. The van der Waals surface area contributed by atoms with Crippen molar-refractivity contribution in [3.8, 4) is 0 Å². The second-order valence-electron chi connectivity index (χ2n) is 6.21. The first-order chi connectivity index (χ1) is 9.50. The van der Waals surface area contributed by atoms with Gasteiger partial charge < -0.3 is 0 Å². The predicted octanol–water partition coefficient (Wildman–Crippen LogP) is 2.88. The summed E-state index contributed by atoms with van der Waals surface area (Å²) in [5.41, 5.74) is 1.13. The molecule has 0 saturated carbocycles. The van der Waals surface area contributed by atoms with Gasteiger partial charge in [-0.15, -0.1) is 0 Å². The quantitative estimate of drug-likeness (QED) is 0.383. The molecule has 3 heteroatoms. The van der Waals surface area contributed by atoms with Crippen LogP contribution in [0.25, 0.3) is 21.7 Å². The van der Waals surface area contributed by atoms with Crippen molar-refractivity contribution >= 4 is 43.6 Å². The van der Waals surface area contributed by atoms with Crippen LogP contribution in [0.2, 0.25) is 14.8 Å². The van der Waals surface area contributed by atoms with Gasteiger partial charge in [-0.1, -0.05) is 0 Å². The molecule has 20 heavy (non-hydrogen) atoms. The molecular formula is C17H20NOSn+. The van der Waals surface area contributed by atoms with E-state index in [1.54, 1.807) is 10.7 Å². The van der Waals surface area contributed by atoms with Crippen LogP contribution >= 0.6 is 0 Å². The molecule has 3 rings (SSSR count). The number of aromatic nitrogens is 1. The van der Waals surface area contributed by atoms with Gasteiger partial charge in [-0.3, -0.25) is 0 Å². The van der Waals surface area contributed by atoms with E-state index in [0.29, 0.717) is 0 Å². The SMILES string of the molecule is CO[n+]1cc2ccccc2c2c[c]([Sn]([CH3])([CH3])[CH3])ccc21. The summed E-state index contributed by atoms with van der Waals surface area (Å²) in [7, 11) is 1.71. The zero-order chi connectivity index (χ0) is 14.3. The number of rotatable bonds is 2. The first-order valence-corrected chi connectivity index (χ1v) is 16.9. The van der Waals surface area contributed by atoms with Crippen LogP contribution in [0.1, 0.15) is 0 Å². The Labute approximate surface area is 123 Å². The van der Waals surface area contributed by atoms with E-state index in [1.807, 2.05) is 4.73 Å². The summed E-state index contributed by atoms with van der Waals surface area (Å²) in [5, 5.41) is 3.80. The summed E-state index contributed by atoms with van der Waals surface area (Å²) in [5.74, 6) is 0. The number of nitrogens with zero attached hydrogens (tertiary/aromatic N) is 1. The van der Waals surface area contributed by atoms with Gasteiger partial charge in [0.1, 0.15) is 0 Å². The molecule has 1 aromatic heterocycles. The van der Waals surface area contributed by atoms with Crippen LogP contribution in [-0.4, -0.2) is 25.5 Å². The van der Waals surface area contributed by atoms with Gasteiger partial charge in [-0.25, -0.2) is 0 Å². The molecule has 102 valence electrons. The van der Waals surface area contributed by atoms with Gasteiger partial charge in [0, 0.05) is 0 Å². The van der Waals surface area contributed by atoms with E-state index in [0.717, 1.165) is 5.52 Å². The third-order valence-electron chi connectivity index (χ3n) is 3.80. The summed E-state index contributed by atoms with van der Waals surface area (Å²) in [6, 6.07) is 15.4. The third kappa shape index (κ3) is 2.26. The molecule has 0 atom stereocenters. The Morgan fingerprint density at radius 3 is 2.40 bits per heavy atom. The summed E-state index contributed by atoms with van der Waals surface area (Å²) < 4.78 is 3.41. The molecule has 2 aromatic carbocycles. The van der Waals surface area contributed by atoms with E-state index in [9.17, 15) is 0 Å². The van der Waals surface area contributed by atoms with Gasteiger partial charge >= 0.3 is 124 Å². The minimum atomic E-state index is -2.06. The van der Waals surface area contributed by atoms with Crippen LogP contribution in [0.5, 0.6) is 0 Å². The molecule has 0 N–H and O–H groups in total. The van der Waals surface area contributed by atoms with Gasteiger partial charge in [0.05, 0.1) is 0 Å². The van der Waals surface area contributed by atoms with Crippen LogP contribution in [-0.2, 0) is 0 Å². The molecule has 0 saturated heterocycles. The fourth-order valence-electron chi connectivity index (χ4n) is 2.61. The molecule has 0 aliphatic heterocycles. The Balaban J connectivity index is 2.45. The van der Waals surface area contributed by atoms with Gasteiger partial charge in [0.25, 0.3) is 0 Å². The van der Waals surface area contributed by atoms with Gasteiger partial charge in [0.2, 0.25) is 0 Å². The van der Waals surface area contributed by atoms with Crippen molar-refractivity contribution in [2.75, 3.05) is 7.11 Å². The zero-order valence-electron chi connectivity index (χ0n) is 12.5. The molecule has 3 aromatic rings. The molecule has 2 nitrogen and oxygen atoms in total. The van der Waals surface area contributed by atoms with Gasteiger partial charge in [-0.05, 0) is 0 Å².